The lowest BCUT2D eigenvalue weighted by Crippen LogP contribution is -2.46. The Bertz CT molecular complexity index is 302. The summed E-state index contributed by atoms with van der Waals surface area (Å²) < 4.78 is 0. The summed E-state index contributed by atoms with van der Waals surface area (Å²) in [6, 6.07) is 10.8. The van der Waals surface area contributed by atoms with Crippen LogP contribution in [-0.2, 0) is 6.42 Å². The van der Waals surface area contributed by atoms with Crippen molar-refractivity contribution in [3.8, 4) is 0 Å². The monoisotopic (exact) mass is 205 g/mol. The van der Waals surface area contributed by atoms with Crippen molar-refractivity contribution in [2.24, 2.45) is 5.92 Å². The van der Waals surface area contributed by atoms with Crippen LogP contribution in [0.15, 0.2) is 30.3 Å². The van der Waals surface area contributed by atoms with Crippen LogP contribution < -0.4 is 5.32 Å². The molecule has 0 bridgehead atoms. The highest BCUT2D eigenvalue weighted by Crippen LogP contribution is 2.31. The van der Waals surface area contributed by atoms with Gasteiger partial charge in [0.05, 0.1) is 0 Å². The second kappa shape index (κ2) is 4.36. The zero-order valence-electron chi connectivity index (χ0n) is 9.79. The molecule has 1 heteroatoms. The summed E-state index contributed by atoms with van der Waals surface area (Å²) in [5, 5.41) is 3.72. The molecular weight excluding hydrogens is 182 g/mol. The van der Waals surface area contributed by atoms with Gasteiger partial charge in [0.1, 0.15) is 0 Å². The molecule has 1 nitrogen and oxygen atoms in total. The van der Waals surface area contributed by atoms with Gasteiger partial charge in [-0.25, -0.2) is 0 Å². The summed E-state index contributed by atoms with van der Waals surface area (Å²) in [4.78, 5) is 0. The molecule has 1 aliphatic heterocycles. The van der Waals surface area contributed by atoms with Crippen molar-refractivity contribution >= 4 is 0 Å². The van der Waals surface area contributed by atoms with Crippen molar-refractivity contribution in [2.45, 2.75) is 38.6 Å². The fourth-order valence-electron chi connectivity index (χ4n) is 2.64. The molecule has 0 spiro atoms. The van der Waals surface area contributed by atoms with Gasteiger partial charge in [0, 0.05) is 6.97 Å². The second-order valence-corrected chi connectivity index (χ2v) is 5.00. The van der Waals surface area contributed by atoms with E-state index in [1.54, 1.807) is 0 Å². The van der Waals surface area contributed by atoms with Gasteiger partial charge in [-0.15, -0.1) is 0 Å². The molecule has 1 atom stereocenters. The molecule has 0 radical (unpaired) electrons. The Balaban J connectivity index is 0.00000128. The van der Waals surface area contributed by atoms with Gasteiger partial charge in [-0.3, -0.25) is 0 Å². The van der Waals surface area contributed by atoms with Crippen molar-refractivity contribution < 1.29 is 1.43 Å². The first kappa shape index (κ1) is 10.7. The van der Waals surface area contributed by atoms with E-state index in [0.717, 1.165) is 0 Å². The molecular formula is C14H23N. The molecule has 0 saturated carbocycles. The Morgan fingerprint density at radius 2 is 2.07 bits per heavy atom. The number of hydrogen-bond acceptors (Lipinski definition) is 1. The predicted octanol–water partition coefficient (Wildman–Crippen LogP) is 3.25. The lowest BCUT2D eigenvalue weighted by molar-refractivity contribution is 0.269. The molecule has 1 heterocycles. The van der Waals surface area contributed by atoms with Crippen LogP contribution in [0.2, 0.25) is 0 Å². The van der Waals surface area contributed by atoms with E-state index >= 15 is 0 Å². The van der Waals surface area contributed by atoms with Crippen LogP contribution in [0.3, 0.4) is 0 Å². The first-order valence-electron chi connectivity index (χ1n) is 6.02. The molecule has 0 aliphatic carbocycles. The number of nitrogens with one attached hydrogen (secondary N) is 1. The molecule has 1 fully saturated rings. The Morgan fingerprint density at radius 1 is 1.33 bits per heavy atom. The number of rotatable bonds is 3. The molecule has 1 aromatic carbocycles. The smallest absolute Gasteiger partial charge is 0.0245 e. The van der Waals surface area contributed by atoms with Gasteiger partial charge in [-0.2, -0.15) is 0 Å². The summed E-state index contributed by atoms with van der Waals surface area (Å²) in [5.41, 5.74) is 1.81. The minimum atomic E-state index is 0. The van der Waals surface area contributed by atoms with Crippen molar-refractivity contribution in [3.63, 3.8) is 0 Å². The topological polar surface area (TPSA) is 12.0 Å². The maximum absolute atomic E-state index is 3.72. The largest absolute Gasteiger partial charge is 0.311 e. The third-order valence-corrected chi connectivity index (χ3v) is 3.74. The molecule has 0 amide bonds. The summed E-state index contributed by atoms with van der Waals surface area (Å²) >= 11 is 0. The Morgan fingerprint density at radius 3 is 2.60 bits per heavy atom. The minimum absolute atomic E-state index is 0. The molecule has 2 rings (SSSR count). The van der Waals surface area contributed by atoms with Crippen LogP contribution in [0.25, 0.3) is 0 Å². The van der Waals surface area contributed by atoms with Crippen LogP contribution in [0.4, 0.5) is 0 Å². The van der Waals surface area contributed by atoms with Gasteiger partial charge in [0.2, 0.25) is 0 Å². The van der Waals surface area contributed by atoms with Gasteiger partial charge in [-0.1, -0.05) is 44.2 Å². The van der Waals surface area contributed by atoms with Crippen LogP contribution in [0, 0.1) is 5.92 Å². The highest BCUT2D eigenvalue weighted by atomic mass is 15.0. The number of benzene rings is 1. The maximum atomic E-state index is 3.72. The zero-order chi connectivity index (χ0) is 10.7. The van der Waals surface area contributed by atoms with Crippen LogP contribution in [0.1, 0.15) is 33.7 Å². The average Bonchev–Trinajstić information content (AvgIpc) is 2.69. The third-order valence-electron chi connectivity index (χ3n) is 3.74. The van der Waals surface area contributed by atoms with Gasteiger partial charge < -0.3 is 5.32 Å². The molecule has 1 aliphatic rings. The zero-order valence-corrected chi connectivity index (χ0v) is 9.79. The van der Waals surface area contributed by atoms with Crippen molar-refractivity contribution in [3.05, 3.63) is 35.9 Å². The molecule has 1 N–H and O–H groups in total. The summed E-state index contributed by atoms with van der Waals surface area (Å²) in [6.45, 7) is 5.85. The summed E-state index contributed by atoms with van der Waals surface area (Å²) in [7, 11) is 0. The van der Waals surface area contributed by atoms with E-state index < -0.39 is 0 Å². The van der Waals surface area contributed by atoms with Crippen molar-refractivity contribution in [2.75, 3.05) is 6.54 Å². The lowest BCUT2D eigenvalue weighted by Gasteiger charge is -2.34. The van der Waals surface area contributed by atoms with Crippen LogP contribution in [-0.4, -0.2) is 12.1 Å². The Labute approximate surface area is 94.4 Å². The Kier molecular flexibility index (Phi) is 3.11. The summed E-state index contributed by atoms with van der Waals surface area (Å²) in [5.74, 6) is 0.709. The van der Waals surface area contributed by atoms with Gasteiger partial charge >= 0.3 is 0 Å². The molecule has 1 unspecified atom stereocenters. The molecule has 84 valence electrons. The second-order valence-electron chi connectivity index (χ2n) is 5.00. The molecule has 0 aromatic heterocycles. The average molecular weight is 205 g/mol. The first-order valence-corrected chi connectivity index (χ1v) is 6.02. The van der Waals surface area contributed by atoms with Crippen LogP contribution in [0.5, 0.6) is 0 Å². The third kappa shape index (κ3) is 2.23. The van der Waals surface area contributed by atoms with Gasteiger partial charge in [0.25, 0.3) is 0 Å². The fraction of sp³-hybridized carbons (Fsp3) is 0.571. The Hall–Kier alpha value is -0.820. The maximum Gasteiger partial charge on any atom is 0.0245 e. The van der Waals surface area contributed by atoms with Crippen molar-refractivity contribution in [1.82, 2.24) is 5.32 Å². The van der Waals surface area contributed by atoms with E-state index in [9.17, 15) is 0 Å². The molecule has 1 aromatic rings. The van der Waals surface area contributed by atoms with Gasteiger partial charge in [0.15, 0.2) is 0 Å². The van der Waals surface area contributed by atoms with Gasteiger partial charge in [-0.05, 0) is 37.3 Å². The van der Waals surface area contributed by atoms with E-state index in [1.807, 2.05) is 0 Å². The van der Waals surface area contributed by atoms with E-state index in [4.69, 9.17) is 0 Å². The molecule has 1 saturated heterocycles. The van der Waals surface area contributed by atoms with E-state index in [2.05, 4.69) is 49.5 Å². The van der Waals surface area contributed by atoms with Crippen molar-refractivity contribution in [1.29, 1.82) is 0 Å². The lowest BCUT2D eigenvalue weighted by atomic mass is 9.80. The quantitative estimate of drug-likeness (QED) is 0.798. The van der Waals surface area contributed by atoms with E-state index in [-0.39, 0.29) is 1.43 Å². The highest BCUT2D eigenvalue weighted by molar-refractivity contribution is 5.19. The standard InChI is InChI=1S/C14H21N.H2/c1-12(2)14(9-6-10-15-14)11-13-7-4-3-5-8-13;/h3-5,7-8,12,15H,6,9-11H2,1-2H3;1H. The predicted molar refractivity (Wildman–Crippen MR) is 67.1 cm³/mol. The van der Waals surface area contributed by atoms with E-state index in [1.165, 1.54) is 31.4 Å². The minimum Gasteiger partial charge on any atom is -0.311 e. The summed E-state index contributed by atoms with van der Waals surface area (Å²) in [6.07, 6.45) is 3.82. The normalized spacial score (nSPS) is 26.1. The first-order chi connectivity index (χ1) is 7.23. The molecule has 15 heavy (non-hydrogen) atoms. The number of hydrogen-bond donors (Lipinski definition) is 1. The SMILES string of the molecule is CC(C)C1(Cc2ccccc2)CCCN1.[HH]. The van der Waals surface area contributed by atoms with Crippen LogP contribution >= 0.6 is 0 Å². The fourth-order valence-corrected chi connectivity index (χ4v) is 2.64. The van der Waals surface area contributed by atoms with E-state index in [0.29, 0.717) is 11.5 Å². The highest BCUT2D eigenvalue weighted by Gasteiger charge is 2.36.